The van der Waals surface area contributed by atoms with Crippen molar-refractivity contribution in [2.45, 2.75) is 110 Å². The predicted octanol–water partition coefficient (Wildman–Crippen LogP) is 5.83. The molecule has 0 amide bonds. The average molecular weight is 500 g/mol. The number of hydrogen-bond donors (Lipinski definition) is 1. The number of nitrogens with zero attached hydrogens (tertiary/aromatic N) is 1. The molecule has 5 aliphatic rings. The minimum atomic E-state index is -0.365. The molecule has 5 rings (SSSR count). The van der Waals surface area contributed by atoms with Gasteiger partial charge < -0.3 is 19.3 Å². The summed E-state index contributed by atoms with van der Waals surface area (Å²) >= 11 is 0. The molecule has 4 heterocycles. The summed E-state index contributed by atoms with van der Waals surface area (Å²) in [7, 11) is 1.57. The summed E-state index contributed by atoms with van der Waals surface area (Å²) in [6, 6.07) is 0.532. The molecule has 1 aliphatic carbocycles. The van der Waals surface area contributed by atoms with Crippen LogP contribution in [0.5, 0.6) is 0 Å². The second-order valence-corrected chi connectivity index (χ2v) is 11.9. The first-order valence-corrected chi connectivity index (χ1v) is 14.4. The molecule has 200 valence electrons. The second kappa shape index (κ2) is 10.9. The van der Waals surface area contributed by atoms with Crippen LogP contribution in [0.4, 0.5) is 0 Å². The Kier molecular flexibility index (Phi) is 7.83. The number of rotatable bonds is 6. The molecular formula is C30H45NO5. The van der Waals surface area contributed by atoms with Crippen molar-refractivity contribution in [3.8, 4) is 0 Å². The molecule has 0 aromatic heterocycles. The summed E-state index contributed by atoms with van der Waals surface area (Å²) in [5.74, 6) is 4.08. The minimum absolute atomic E-state index is 0.0721. The maximum atomic E-state index is 12.2. The van der Waals surface area contributed by atoms with E-state index in [1.165, 1.54) is 32.1 Å². The van der Waals surface area contributed by atoms with Crippen molar-refractivity contribution in [1.29, 1.82) is 0 Å². The number of aliphatic hydroxyl groups is 1. The highest BCUT2D eigenvalue weighted by molar-refractivity contribution is 5.93. The molecular weight excluding hydrogens is 454 g/mol. The van der Waals surface area contributed by atoms with Gasteiger partial charge in [0.05, 0.1) is 18.8 Å². The molecule has 6 nitrogen and oxygen atoms in total. The van der Waals surface area contributed by atoms with E-state index in [1.807, 2.05) is 0 Å². The van der Waals surface area contributed by atoms with E-state index < -0.39 is 0 Å². The summed E-state index contributed by atoms with van der Waals surface area (Å²) in [6.45, 7) is 7.28. The Bertz CT molecular complexity index is 930. The van der Waals surface area contributed by atoms with Crippen molar-refractivity contribution in [3.05, 3.63) is 34.7 Å². The van der Waals surface area contributed by atoms with Gasteiger partial charge in [-0.1, -0.05) is 52.4 Å². The summed E-state index contributed by atoms with van der Waals surface area (Å²) in [5, 5.41) is 11.4. The minimum Gasteiger partial charge on any atom is -0.492 e. The van der Waals surface area contributed by atoms with Gasteiger partial charge in [0.15, 0.2) is 11.5 Å². The van der Waals surface area contributed by atoms with Crippen LogP contribution in [0.3, 0.4) is 0 Å². The first-order valence-electron chi connectivity index (χ1n) is 14.4. The standard InChI is InChI=1S/C30H45NO5/c1-18(21-10-6-5-7-11-21)15-16-24(32)22-12-8-13-23-26-19(2)28(35-25(26)14-9-17-31(22)23)29-27(34-4)20(3)30(33)36-29/h14,18-19,21-24,26,32H,5-13,15-17H2,1-4H3/b29-28+/t18-,19-,22-,23-,24-,26+/m0/s1. The van der Waals surface area contributed by atoms with Crippen LogP contribution in [0, 0.1) is 23.7 Å². The van der Waals surface area contributed by atoms with E-state index in [0.717, 1.165) is 56.7 Å². The summed E-state index contributed by atoms with van der Waals surface area (Å²) in [5.41, 5.74) is 0.488. The second-order valence-electron chi connectivity index (χ2n) is 11.9. The van der Waals surface area contributed by atoms with E-state index in [9.17, 15) is 9.90 Å². The molecule has 0 unspecified atom stereocenters. The summed E-state index contributed by atoms with van der Waals surface area (Å²) in [6.07, 6.45) is 15.1. The number of methoxy groups -OCH3 is 1. The van der Waals surface area contributed by atoms with Crippen molar-refractivity contribution < 1.29 is 24.1 Å². The zero-order valence-electron chi connectivity index (χ0n) is 22.6. The van der Waals surface area contributed by atoms with E-state index in [2.05, 4.69) is 24.8 Å². The third kappa shape index (κ3) is 4.76. The number of cyclic esters (lactones) is 1. The van der Waals surface area contributed by atoms with Crippen molar-refractivity contribution >= 4 is 5.97 Å². The van der Waals surface area contributed by atoms with Gasteiger partial charge in [0, 0.05) is 30.5 Å². The predicted molar refractivity (Wildman–Crippen MR) is 138 cm³/mol. The molecule has 0 radical (unpaired) electrons. The SMILES string of the molecule is COC1=C(C)C(=O)O/C1=C1/OC2=CCCN3[C@@H](CCC[C@H]3[C@@H](O)CC[C@H](C)C3CCCCC3)[C@H]2[C@@H]1C. The lowest BCUT2D eigenvalue weighted by molar-refractivity contribution is -0.133. The van der Waals surface area contributed by atoms with Crippen molar-refractivity contribution in [3.63, 3.8) is 0 Å². The van der Waals surface area contributed by atoms with Gasteiger partial charge in [0.25, 0.3) is 0 Å². The quantitative estimate of drug-likeness (QED) is 0.464. The number of fused-ring (bicyclic) bond motifs is 3. The Balaban J connectivity index is 1.30. The van der Waals surface area contributed by atoms with Crippen LogP contribution >= 0.6 is 0 Å². The Labute approximate surface area is 216 Å². The lowest BCUT2D eigenvalue weighted by Gasteiger charge is -2.46. The van der Waals surface area contributed by atoms with Gasteiger partial charge in [-0.2, -0.15) is 0 Å². The zero-order chi connectivity index (χ0) is 25.4. The van der Waals surface area contributed by atoms with Crippen molar-refractivity contribution in [1.82, 2.24) is 4.90 Å². The summed E-state index contributed by atoms with van der Waals surface area (Å²) < 4.78 is 17.5. The maximum absolute atomic E-state index is 12.2. The van der Waals surface area contributed by atoms with Crippen molar-refractivity contribution in [2.24, 2.45) is 23.7 Å². The molecule has 3 fully saturated rings. The molecule has 0 bridgehead atoms. The summed E-state index contributed by atoms with van der Waals surface area (Å²) in [4.78, 5) is 14.8. The van der Waals surface area contributed by atoms with Crippen LogP contribution in [0.2, 0.25) is 0 Å². The number of aliphatic hydroxyl groups excluding tert-OH is 1. The van der Waals surface area contributed by atoms with Crippen LogP contribution in [0.15, 0.2) is 34.7 Å². The van der Waals surface area contributed by atoms with E-state index in [1.54, 1.807) is 14.0 Å². The van der Waals surface area contributed by atoms with Gasteiger partial charge in [-0.15, -0.1) is 0 Å². The first-order chi connectivity index (χ1) is 17.4. The highest BCUT2D eigenvalue weighted by Gasteiger charge is 2.49. The fourth-order valence-corrected chi connectivity index (χ4v) is 7.70. The molecule has 36 heavy (non-hydrogen) atoms. The number of carbonyl (C=O) groups is 1. The number of ether oxygens (including phenoxy) is 3. The van der Waals surface area contributed by atoms with Gasteiger partial charge in [0.2, 0.25) is 5.76 Å². The molecule has 1 N–H and O–H groups in total. The van der Waals surface area contributed by atoms with Gasteiger partial charge in [-0.25, -0.2) is 4.79 Å². The van der Waals surface area contributed by atoms with Crippen LogP contribution in [0.25, 0.3) is 0 Å². The van der Waals surface area contributed by atoms with Crippen LogP contribution in [0.1, 0.15) is 91.4 Å². The fraction of sp³-hybridized carbons (Fsp3) is 0.767. The first kappa shape index (κ1) is 25.8. The highest BCUT2D eigenvalue weighted by Crippen LogP contribution is 2.49. The largest absolute Gasteiger partial charge is 0.492 e. The molecule has 0 spiro atoms. The molecule has 0 aromatic carbocycles. The lowest BCUT2D eigenvalue weighted by Crippen LogP contribution is -2.54. The molecule has 1 saturated carbocycles. The Morgan fingerprint density at radius 2 is 1.89 bits per heavy atom. The van der Waals surface area contributed by atoms with Gasteiger partial charge in [0.1, 0.15) is 5.76 Å². The van der Waals surface area contributed by atoms with Crippen LogP contribution in [-0.4, -0.2) is 47.8 Å². The van der Waals surface area contributed by atoms with Gasteiger partial charge in [-0.3, -0.25) is 4.90 Å². The van der Waals surface area contributed by atoms with Crippen LogP contribution in [-0.2, 0) is 19.0 Å². The lowest BCUT2D eigenvalue weighted by atomic mass is 9.77. The highest BCUT2D eigenvalue weighted by atomic mass is 16.6. The number of piperidine rings is 1. The fourth-order valence-electron chi connectivity index (χ4n) is 7.70. The van der Waals surface area contributed by atoms with Gasteiger partial charge in [-0.05, 0) is 56.9 Å². The Hall–Kier alpha value is -1.79. The van der Waals surface area contributed by atoms with E-state index in [-0.39, 0.29) is 30.0 Å². The van der Waals surface area contributed by atoms with Crippen molar-refractivity contribution in [2.75, 3.05) is 13.7 Å². The normalized spacial score (nSPS) is 35.4. The zero-order valence-corrected chi connectivity index (χ0v) is 22.6. The van der Waals surface area contributed by atoms with E-state index in [4.69, 9.17) is 14.2 Å². The third-order valence-electron chi connectivity index (χ3n) is 9.80. The van der Waals surface area contributed by atoms with E-state index >= 15 is 0 Å². The Morgan fingerprint density at radius 3 is 2.64 bits per heavy atom. The monoisotopic (exact) mass is 499 g/mol. The molecule has 0 aromatic rings. The number of hydrogen-bond acceptors (Lipinski definition) is 6. The van der Waals surface area contributed by atoms with Gasteiger partial charge >= 0.3 is 5.97 Å². The number of allylic oxidation sites excluding steroid dienone is 1. The molecule has 2 saturated heterocycles. The number of esters is 1. The number of carbonyl (C=O) groups excluding carboxylic acids is 1. The smallest absolute Gasteiger partial charge is 0.343 e. The van der Waals surface area contributed by atoms with E-state index in [0.29, 0.717) is 34.8 Å². The Morgan fingerprint density at radius 1 is 1.11 bits per heavy atom. The topological polar surface area (TPSA) is 68.2 Å². The average Bonchev–Trinajstić information content (AvgIpc) is 3.28. The third-order valence-corrected chi connectivity index (χ3v) is 9.80. The maximum Gasteiger partial charge on any atom is 0.343 e. The molecule has 6 heteroatoms. The molecule has 6 atom stereocenters. The molecule has 4 aliphatic heterocycles. The van der Waals surface area contributed by atoms with Crippen LogP contribution < -0.4 is 0 Å².